The van der Waals surface area contributed by atoms with Gasteiger partial charge < -0.3 is 10.1 Å². The van der Waals surface area contributed by atoms with Gasteiger partial charge in [-0.05, 0) is 31.9 Å². The standard InChI is InChI=1S/C16H19N3O/c1-12-16(17-9-6-13-7-10-20-11-8-13)19-15-5-3-2-4-14(15)18-12/h2-5,7H,6,8-11H2,1H3,(H,17,19). The topological polar surface area (TPSA) is 47.0 Å². The van der Waals surface area contributed by atoms with Crippen LogP contribution in [-0.2, 0) is 4.74 Å². The van der Waals surface area contributed by atoms with Crippen molar-refractivity contribution < 1.29 is 4.74 Å². The number of ether oxygens (including phenoxy) is 1. The fourth-order valence-corrected chi connectivity index (χ4v) is 2.39. The molecule has 3 rings (SSSR count). The first-order valence-corrected chi connectivity index (χ1v) is 7.06. The minimum Gasteiger partial charge on any atom is -0.377 e. The summed E-state index contributed by atoms with van der Waals surface area (Å²) in [4.78, 5) is 9.22. The summed E-state index contributed by atoms with van der Waals surface area (Å²) in [5.74, 6) is 0.886. The van der Waals surface area contributed by atoms with Crippen molar-refractivity contribution in [2.24, 2.45) is 0 Å². The number of aryl methyl sites for hydroxylation is 1. The van der Waals surface area contributed by atoms with Crippen LogP contribution in [0.15, 0.2) is 35.9 Å². The highest BCUT2D eigenvalue weighted by atomic mass is 16.5. The van der Waals surface area contributed by atoms with Gasteiger partial charge in [0.1, 0.15) is 5.82 Å². The molecule has 1 aromatic carbocycles. The number of anilines is 1. The smallest absolute Gasteiger partial charge is 0.148 e. The zero-order valence-corrected chi connectivity index (χ0v) is 11.7. The van der Waals surface area contributed by atoms with E-state index in [0.29, 0.717) is 0 Å². The fraction of sp³-hybridized carbons (Fsp3) is 0.375. The molecule has 0 amide bonds. The second kappa shape index (κ2) is 6.01. The van der Waals surface area contributed by atoms with Crippen LogP contribution in [0.5, 0.6) is 0 Å². The van der Waals surface area contributed by atoms with Crippen molar-refractivity contribution in [1.82, 2.24) is 9.97 Å². The SMILES string of the molecule is Cc1nc2ccccc2nc1NCCC1=CCOCC1. The van der Waals surface area contributed by atoms with Crippen LogP contribution in [0.3, 0.4) is 0 Å². The number of nitrogens with zero attached hydrogens (tertiary/aromatic N) is 2. The van der Waals surface area contributed by atoms with Gasteiger partial charge in [-0.1, -0.05) is 23.8 Å². The molecule has 2 aromatic rings. The Kier molecular flexibility index (Phi) is 3.92. The second-order valence-corrected chi connectivity index (χ2v) is 5.01. The average Bonchev–Trinajstić information content (AvgIpc) is 2.49. The normalized spacial score (nSPS) is 15.2. The van der Waals surface area contributed by atoms with Crippen molar-refractivity contribution in [2.75, 3.05) is 25.1 Å². The molecular formula is C16H19N3O. The Balaban J connectivity index is 1.67. The van der Waals surface area contributed by atoms with Gasteiger partial charge in [0, 0.05) is 6.54 Å². The fourth-order valence-electron chi connectivity index (χ4n) is 2.39. The van der Waals surface area contributed by atoms with Gasteiger partial charge in [0.05, 0.1) is 29.9 Å². The molecule has 0 bridgehead atoms. The van der Waals surface area contributed by atoms with E-state index in [-0.39, 0.29) is 0 Å². The van der Waals surface area contributed by atoms with Gasteiger partial charge in [0.2, 0.25) is 0 Å². The van der Waals surface area contributed by atoms with Gasteiger partial charge in [-0.25, -0.2) is 9.97 Å². The molecule has 1 aromatic heterocycles. The summed E-state index contributed by atoms with van der Waals surface area (Å²) in [6.07, 6.45) is 4.27. The summed E-state index contributed by atoms with van der Waals surface area (Å²) < 4.78 is 5.31. The largest absolute Gasteiger partial charge is 0.377 e. The van der Waals surface area contributed by atoms with Gasteiger partial charge >= 0.3 is 0 Å². The number of rotatable bonds is 4. The lowest BCUT2D eigenvalue weighted by atomic mass is 10.1. The lowest BCUT2D eigenvalue weighted by Gasteiger charge is -2.14. The van der Waals surface area contributed by atoms with Gasteiger partial charge in [-0.2, -0.15) is 0 Å². The third-order valence-corrected chi connectivity index (χ3v) is 3.54. The van der Waals surface area contributed by atoms with E-state index in [1.807, 2.05) is 31.2 Å². The third kappa shape index (κ3) is 2.96. The number of aromatic nitrogens is 2. The van der Waals surface area contributed by atoms with Crippen molar-refractivity contribution in [1.29, 1.82) is 0 Å². The van der Waals surface area contributed by atoms with E-state index in [1.54, 1.807) is 0 Å². The van der Waals surface area contributed by atoms with Crippen molar-refractivity contribution >= 4 is 16.9 Å². The van der Waals surface area contributed by atoms with E-state index < -0.39 is 0 Å². The van der Waals surface area contributed by atoms with Crippen molar-refractivity contribution in [3.8, 4) is 0 Å². The molecular weight excluding hydrogens is 250 g/mol. The summed E-state index contributed by atoms with van der Waals surface area (Å²) in [5, 5.41) is 3.40. The maximum Gasteiger partial charge on any atom is 0.148 e. The van der Waals surface area contributed by atoms with Crippen LogP contribution in [0.1, 0.15) is 18.5 Å². The molecule has 4 nitrogen and oxygen atoms in total. The van der Waals surface area contributed by atoms with Crippen LogP contribution < -0.4 is 5.32 Å². The molecule has 104 valence electrons. The van der Waals surface area contributed by atoms with Crippen LogP contribution in [0.25, 0.3) is 11.0 Å². The van der Waals surface area contributed by atoms with Crippen LogP contribution >= 0.6 is 0 Å². The van der Waals surface area contributed by atoms with Gasteiger partial charge in [-0.3, -0.25) is 0 Å². The van der Waals surface area contributed by atoms with Gasteiger partial charge in [0.15, 0.2) is 0 Å². The Hall–Kier alpha value is -1.94. The predicted octanol–water partition coefficient (Wildman–Crippen LogP) is 3.09. The quantitative estimate of drug-likeness (QED) is 0.866. The Morgan fingerprint density at radius 3 is 2.75 bits per heavy atom. The van der Waals surface area contributed by atoms with Crippen LogP contribution in [0.4, 0.5) is 5.82 Å². The Labute approximate surface area is 118 Å². The van der Waals surface area contributed by atoms with Crippen molar-refractivity contribution in [2.45, 2.75) is 19.8 Å². The summed E-state index contributed by atoms with van der Waals surface area (Å²) in [5.41, 5.74) is 4.30. The Morgan fingerprint density at radius 2 is 2.00 bits per heavy atom. The first-order chi connectivity index (χ1) is 9.83. The lowest BCUT2D eigenvalue weighted by molar-refractivity contribution is 0.153. The van der Waals surface area contributed by atoms with Gasteiger partial charge in [0.25, 0.3) is 0 Å². The van der Waals surface area contributed by atoms with Crippen molar-refractivity contribution in [3.63, 3.8) is 0 Å². The van der Waals surface area contributed by atoms with Gasteiger partial charge in [-0.15, -0.1) is 0 Å². The lowest BCUT2D eigenvalue weighted by Crippen LogP contribution is -2.10. The number of benzene rings is 1. The molecule has 2 heterocycles. The minimum absolute atomic E-state index is 0.754. The van der Waals surface area contributed by atoms with E-state index in [1.165, 1.54) is 5.57 Å². The Morgan fingerprint density at radius 1 is 1.20 bits per heavy atom. The highest BCUT2D eigenvalue weighted by Gasteiger charge is 2.06. The summed E-state index contributed by atoms with van der Waals surface area (Å²) in [6, 6.07) is 7.96. The van der Waals surface area contributed by atoms with Crippen LogP contribution in [0.2, 0.25) is 0 Å². The number of hydrogen-bond acceptors (Lipinski definition) is 4. The van der Waals surface area contributed by atoms with Crippen LogP contribution in [0, 0.1) is 6.92 Å². The second-order valence-electron chi connectivity index (χ2n) is 5.01. The molecule has 1 aliphatic heterocycles. The number of fused-ring (bicyclic) bond motifs is 1. The molecule has 0 radical (unpaired) electrons. The molecule has 0 unspecified atom stereocenters. The average molecular weight is 269 g/mol. The molecule has 0 saturated carbocycles. The van der Waals surface area contributed by atoms with Crippen LogP contribution in [-0.4, -0.2) is 29.7 Å². The van der Waals surface area contributed by atoms with E-state index in [4.69, 9.17) is 4.74 Å². The minimum atomic E-state index is 0.754. The number of hydrogen-bond donors (Lipinski definition) is 1. The summed E-state index contributed by atoms with van der Waals surface area (Å²) >= 11 is 0. The zero-order chi connectivity index (χ0) is 13.8. The highest BCUT2D eigenvalue weighted by Crippen LogP contribution is 2.17. The molecule has 0 saturated heterocycles. The van der Waals surface area contributed by atoms with E-state index in [2.05, 4.69) is 21.4 Å². The monoisotopic (exact) mass is 269 g/mol. The molecule has 0 spiro atoms. The highest BCUT2D eigenvalue weighted by molar-refractivity contribution is 5.76. The molecule has 0 atom stereocenters. The third-order valence-electron chi connectivity index (χ3n) is 3.54. The first kappa shape index (κ1) is 13.1. The van der Waals surface area contributed by atoms with E-state index >= 15 is 0 Å². The Bertz CT molecular complexity index is 637. The zero-order valence-electron chi connectivity index (χ0n) is 11.7. The first-order valence-electron chi connectivity index (χ1n) is 7.06. The molecule has 1 N–H and O–H groups in total. The molecule has 1 aliphatic rings. The molecule has 0 fully saturated rings. The summed E-state index contributed by atoms with van der Waals surface area (Å²) in [6.45, 7) is 4.49. The van der Waals surface area contributed by atoms with E-state index in [0.717, 1.165) is 55.1 Å². The molecule has 4 heteroatoms. The van der Waals surface area contributed by atoms with E-state index in [9.17, 15) is 0 Å². The maximum atomic E-state index is 5.31. The summed E-state index contributed by atoms with van der Waals surface area (Å²) in [7, 11) is 0. The molecule has 20 heavy (non-hydrogen) atoms. The maximum absolute atomic E-state index is 5.31. The number of para-hydroxylation sites is 2. The molecule has 0 aliphatic carbocycles. The predicted molar refractivity (Wildman–Crippen MR) is 80.9 cm³/mol. The van der Waals surface area contributed by atoms with Crippen molar-refractivity contribution in [3.05, 3.63) is 41.6 Å². The number of nitrogens with one attached hydrogen (secondary N) is 1.